The van der Waals surface area contributed by atoms with E-state index in [2.05, 4.69) is 19.0 Å². The molecule has 33 heteroatoms. The number of aromatic amines is 1. The van der Waals surface area contributed by atoms with Crippen LogP contribution in [0.1, 0.15) is 32.3 Å². The number of methoxy groups -OCH3 is 8. The maximum absolute atomic E-state index is 11.2. The molecule has 2 aromatic rings. The minimum absolute atomic E-state index is 0. The Kier molecular flexibility index (Phi) is 40.6. The van der Waals surface area contributed by atoms with Gasteiger partial charge in [0, 0.05) is 112 Å². The number of fused-ring (bicyclic) bond motifs is 1. The molecule has 4 aliphatic rings. The number of H-pyrrole nitrogens is 1. The normalized spacial score (nSPS) is 32.7. The number of aliphatic carboxylic acids is 2. The second kappa shape index (κ2) is 43.0. The number of esters is 1. The number of nitrogens with one attached hydrogen (secondary N) is 2. The number of hydrogen-bond acceptors (Lipinski definition) is 30. The minimum atomic E-state index is -1.23. The van der Waals surface area contributed by atoms with Gasteiger partial charge in [-0.1, -0.05) is 6.07 Å². The van der Waals surface area contributed by atoms with Crippen molar-refractivity contribution in [1.82, 2.24) is 4.98 Å². The largest absolute Gasteiger partial charge is 1.00 e. The number of aliphatic hydroxyl groups excluding tert-OH is 10. The van der Waals surface area contributed by atoms with Gasteiger partial charge in [0.2, 0.25) is 0 Å². The predicted molar refractivity (Wildman–Crippen MR) is 285 cm³/mol. The van der Waals surface area contributed by atoms with E-state index in [4.69, 9.17) is 81.3 Å². The number of rotatable bonds is 25. The summed E-state index contributed by atoms with van der Waals surface area (Å²) in [5.41, 5.74) is 2.22. The first-order valence-corrected chi connectivity index (χ1v) is 27.1. The van der Waals surface area contributed by atoms with Crippen LogP contribution in [0.5, 0.6) is 5.75 Å². The Morgan fingerprint density at radius 1 is 0.558 bits per heavy atom. The second-order valence-electron chi connectivity index (χ2n) is 19.5. The van der Waals surface area contributed by atoms with Gasteiger partial charge in [-0.2, -0.15) is 0 Å². The fraction of sp³-hybridized carbons (Fsp3) is 0.792. The molecule has 4 aliphatic heterocycles. The maximum Gasteiger partial charge on any atom is 1.00 e. The van der Waals surface area contributed by atoms with Crippen molar-refractivity contribution >= 4 is 28.8 Å². The van der Waals surface area contributed by atoms with Gasteiger partial charge in [-0.3, -0.25) is 4.79 Å². The molecule has 4 fully saturated rings. The second-order valence-corrected chi connectivity index (χ2v) is 19.5. The average Bonchev–Trinajstić information content (AvgIpc) is 2.17. The van der Waals surface area contributed by atoms with E-state index in [-0.39, 0.29) is 88.0 Å². The van der Waals surface area contributed by atoms with Crippen molar-refractivity contribution in [3.05, 3.63) is 30.0 Å². The van der Waals surface area contributed by atoms with Gasteiger partial charge < -0.3 is 152 Å². The molecule has 1 aromatic heterocycles. The summed E-state index contributed by atoms with van der Waals surface area (Å²) in [5, 5.41) is 117. The zero-order valence-corrected chi connectivity index (χ0v) is 52.8. The fourth-order valence-corrected chi connectivity index (χ4v) is 9.02. The molecule has 0 saturated carbocycles. The molecule has 0 aliphatic carbocycles. The van der Waals surface area contributed by atoms with Gasteiger partial charge in [0.15, 0.2) is 25.2 Å². The summed E-state index contributed by atoms with van der Waals surface area (Å²) in [6.45, 7) is 5.13. The molecular weight excluding hydrogens is 1170 g/mol. The van der Waals surface area contributed by atoms with Gasteiger partial charge in [0.1, 0.15) is 103 Å². The van der Waals surface area contributed by atoms with Crippen molar-refractivity contribution in [2.75, 3.05) is 117 Å². The van der Waals surface area contributed by atoms with Crippen molar-refractivity contribution in [2.24, 2.45) is 0 Å². The predicted octanol–water partition coefficient (Wildman–Crippen LogP) is -11.1. The molecule has 0 amide bonds. The number of carboxylic acids is 2. The summed E-state index contributed by atoms with van der Waals surface area (Å²) in [6.07, 6.45) is -16.6. The topological polar surface area (TPSA) is 458 Å². The summed E-state index contributed by atoms with van der Waals surface area (Å²) in [7, 11) is 13.0. The number of hydrogen-bond donors (Lipinski definition) is 12. The zero-order valence-electron chi connectivity index (χ0n) is 50.8. The first-order chi connectivity index (χ1) is 40.4. The Morgan fingerprint density at radius 2 is 0.907 bits per heavy atom. The van der Waals surface area contributed by atoms with Crippen LogP contribution < -0.4 is 49.4 Å². The van der Waals surface area contributed by atoms with E-state index in [9.17, 15) is 65.4 Å². The minimum Gasteiger partial charge on any atom is -0.550 e. The van der Waals surface area contributed by atoms with Gasteiger partial charge in [-0.25, -0.2) is 0 Å². The van der Waals surface area contributed by atoms with Gasteiger partial charge in [-0.15, -0.1) is 0 Å². The van der Waals surface area contributed by atoms with E-state index in [0.29, 0.717) is 5.75 Å². The van der Waals surface area contributed by atoms with Crippen molar-refractivity contribution < 1.29 is 181 Å². The molecule has 4 saturated heterocycles. The van der Waals surface area contributed by atoms with E-state index in [1.165, 1.54) is 74.3 Å². The standard InChI is InChI=1S/C15H20N2O2.2C11H20O8.2C8H16O6.Na/c1-4-17(3)9-8-12-10-16-13-6-5-7-14(15(12)13)19-11(2)18;2*1-16-10-6(5-18-4-3-7(12)13)19-11(17-2)9(15)8(10)14;2*1-12-7-4(3-9)14-8(13-2)6(11)5(7)10;/h5-7,10,16H,4,8-9H2,1-3H3;2*6,8-11,14-15H,3-5H2,1-2H3,(H,12,13);2*4-11H,3H2,1-2H3;/q;;;;;+1/p-1. The van der Waals surface area contributed by atoms with Crippen LogP contribution in [0.3, 0.4) is 0 Å². The van der Waals surface area contributed by atoms with Crippen LogP contribution in [0.2, 0.25) is 0 Å². The van der Waals surface area contributed by atoms with Crippen LogP contribution in [0.25, 0.3) is 10.9 Å². The molecule has 0 bridgehead atoms. The SMILES string of the molecule is CC[NH+](C)CCc1c[nH]c2cccc(OC(C)=O)c12.COC1OC(CO)C(OC)C(O)C1O.COC1OC(CO)C(OC)C(O)C1O.COC1OC(COCCC(=O)[O-])C(OC)C(O)C1O.COC1OC(COCCC(=O)[O-])C(OC)C(O)C1O.[Na+]. The number of likely N-dealkylation sites (N-methyl/N-ethyl adjacent to an activating group) is 1. The van der Waals surface area contributed by atoms with E-state index in [0.717, 1.165) is 30.4 Å². The molecule has 12 N–H and O–H groups in total. The smallest absolute Gasteiger partial charge is 0.550 e. The molecule has 0 radical (unpaired) electrons. The monoisotopic (exact) mass is 1260 g/mol. The van der Waals surface area contributed by atoms with Crippen molar-refractivity contribution in [3.63, 3.8) is 0 Å². The Morgan fingerprint density at radius 3 is 1.21 bits per heavy atom. The Hall–Kier alpha value is -2.83. The van der Waals surface area contributed by atoms with E-state index >= 15 is 0 Å². The number of aromatic nitrogens is 1. The summed E-state index contributed by atoms with van der Waals surface area (Å²) in [5.74, 6) is -2.05. The molecule has 6 rings (SSSR count). The fourth-order valence-electron chi connectivity index (χ4n) is 9.02. The number of aliphatic hydroxyl groups is 10. The van der Waals surface area contributed by atoms with Crippen LogP contribution in [-0.4, -0.2) is 313 Å². The Labute approximate surface area is 521 Å². The van der Waals surface area contributed by atoms with Crippen LogP contribution in [0.4, 0.5) is 0 Å². The summed E-state index contributed by atoms with van der Waals surface area (Å²) in [6, 6.07) is 5.74. The third-order valence-electron chi connectivity index (χ3n) is 13.8. The Bertz CT molecular complexity index is 2060. The van der Waals surface area contributed by atoms with Crippen molar-refractivity contribution in [1.29, 1.82) is 0 Å². The molecule has 1 aromatic carbocycles. The van der Waals surface area contributed by atoms with Crippen LogP contribution in [0, 0.1) is 0 Å². The van der Waals surface area contributed by atoms with Crippen LogP contribution in [0.15, 0.2) is 24.4 Å². The molecule has 21 unspecified atom stereocenters. The van der Waals surface area contributed by atoms with E-state index < -0.39 is 135 Å². The zero-order chi connectivity index (χ0) is 64.1. The van der Waals surface area contributed by atoms with Gasteiger partial charge >= 0.3 is 35.5 Å². The summed E-state index contributed by atoms with van der Waals surface area (Å²) in [4.78, 5) is 36.3. The first-order valence-electron chi connectivity index (χ1n) is 27.1. The van der Waals surface area contributed by atoms with Crippen LogP contribution >= 0.6 is 0 Å². The molecule has 494 valence electrons. The maximum atomic E-state index is 11.2. The summed E-state index contributed by atoms with van der Waals surface area (Å²) >= 11 is 0. The number of carbonyl (C=O) groups is 3. The molecular formula is C53H91N2NaO30. The number of carboxylic acid groups (broad SMARTS) is 2. The number of quaternary nitrogens is 1. The molecule has 86 heavy (non-hydrogen) atoms. The van der Waals surface area contributed by atoms with Crippen LogP contribution in [-0.2, 0) is 87.1 Å². The Balaban J connectivity index is 0.000000539. The number of benzene rings is 1. The quantitative estimate of drug-likeness (QED) is 0.0190. The summed E-state index contributed by atoms with van der Waals surface area (Å²) < 4.78 is 76.0. The van der Waals surface area contributed by atoms with Gasteiger partial charge in [0.25, 0.3) is 0 Å². The third-order valence-corrected chi connectivity index (χ3v) is 13.8. The molecule has 0 spiro atoms. The van der Waals surface area contributed by atoms with E-state index in [1.807, 2.05) is 24.4 Å². The number of ether oxygens (including phenoxy) is 15. The van der Waals surface area contributed by atoms with Crippen molar-refractivity contribution in [3.8, 4) is 5.75 Å². The molecule has 21 atom stereocenters. The molecule has 32 nitrogen and oxygen atoms in total. The van der Waals surface area contributed by atoms with Crippen molar-refractivity contribution in [2.45, 2.75) is 156 Å². The molecule has 5 heterocycles. The van der Waals surface area contributed by atoms with Gasteiger partial charge in [-0.05, 0) is 24.6 Å². The first kappa shape index (κ1) is 81.2. The van der Waals surface area contributed by atoms with E-state index in [1.54, 1.807) is 0 Å². The van der Waals surface area contributed by atoms with Gasteiger partial charge in [0.05, 0.1) is 59.8 Å². The average molecular weight is 1260 g/mol. The third kappa shape index (κ3) is 24.8. The number of carbonyl (C=O) groups excluding carboxylic acids is 3.